The second-order valence-corrected chi connectivity index (χ2v) is 5.01. The third-order valence-corrected chi connectivity index (χ3v) is 2.99. The molecular formula is C16H25NO3. The minimum Gasteiger partial charge on any atom is -0.496 e. The molecule has 0 spiro atoms. The summed E-state index contributed by atoms with van der Waals surface area (Å²) in [6.45, 7) is 7.37. The van der Waals surface area contributed by atoms with E-state index in [2.05, 4.69) is 5.32 Å². The number of hydrogen-bond acceptors (Lipinski definition) is 4. The van der Waals surface area contributed by atoms with E-state index in [1.165, 1.54) is 0 Å². The van der Waals surface area contributed by atoms with Gasteiger partial charge in [-0.05, 0) is 45.9 Å². The molecule has 112 valence electrons. The van der Waals surface area contributed by atoms with E-state index in [1.807, 2.05) is 32.9 Å². The van der Waals surface area contributed by atoms with E-state index >= 15 is 0 Å². The van der Waals surface area contributed by atoms with Crippen LogP contribution in [0.5, 0.6) is 5.75 Å². The van der Waals surface area contributed by atoms with E-state index in [4.69, 9.17) is 9.47 Å². The summed E-state index contributed by atoms with van der Waals surface area (Å²) >= 11 is 0. The molecule has 4 heteroatoms. The molecule has 1 aromatic carbocycles. The van der Waals surface area contributed by atoms with Gasteiger partial charge in [-0.1, -0.05) is 12.1 Å². The SMILES string of the molecule is COc1ccccc1C(=O)C(C)NCCCOC(C)C. The van der Waals surface area contributed by atoms with Gasteiger partial charge in [0.25, 0.3) is 0 Å². The topological polar surface area (TPSA) is 47.6 Å². The van der Waals surface area contributed by atoms with E-state index < -0.39 is 0 Å². The zero-order valence-electron chi connectivity index (χ0n) is 12.8. The molecule has 4 nitrogen and oxygen atoms in total. The van der Waals surface area contributed by atoms with Gasteiger partial charge in [0.05, 0.1) is 24.8 Å². The fraction of sp³-hybridized carbons (Fsp3) is 0.562. The van der Waals surface area contributed by atoms with E-state index in [0.717, 1.165) is 13.0 Å². The Morgan fingerprint density at radius 3 is 2.60 bits per heavy atom. The largest absolute Gasteiger partial charge is 0.496 e. The van der Waals surface area contributed by atoms with E-state index in [9.17, 15) is 4.79 Å². The van der Waals surface area contributed by atoms with Gasteiger partial charge in [-0.2, -0.15) is 0 Å². The molecular weight excluding hydrogens is 254 g/mol. The number of rotatable bonds is 9. The van der Waals surface area contributed by atoms with Crippen LogP contribution in [0.1, 0.15) is 37.6 Å². The molecule has 0 aliphatic carbocycles. The van der Waals surface area contributed by atoms with Crippen LogP contribution in [0.4, 0.5) is 0 Å². The normalized spacial score (nSPS) is 12.4. The maximum absolute atomic E-state index is 12.3. The van der Waals surface area contributed by atoms with Crippen molar-refractivity contribution in [1.82, 2.24) is 5.32 Å². The maximum atomic E-state index is 12.3. The van der Waals surface area contributed by atoms with Crippen molar-refractivity contribution in [2.24, 2.45) is 0 Å². The lowest BCUT2D eigenvalue weighted by Gasteiger charge is -2.15. The van der Waals surface area contributed by atoms with Gasteiger partial charge in [-0.25, -0.2) is 0 Å². The van der Waals surface area contributed by atoms with Gasteiger partial charge in [0, 0.05) is 6.61 Å². The molecule has 0 fully saturated rings. The first kappa shape index (κ1) is 16.7. The van der Waals surface area contributed by atoms with Crippen molar-refractivity contribution in [3.8, 4) is 5.75 Å². The fourth-order valence-electron chi connectivity index (χ4n) is 1.88. The fourth-order valence-corrected chi connectivity index (χ4v) is 1.88. The van der Waals surface area contributed by atoms with Crippen LogP contribution in [0.2, 0.25) is 0 Å². The van der Waals surface area contributed by atoms with Gasteiger partial charge in [0.1, 0.15) is 5.75 Å². The minimum atomic E-state index is -0.231. The quantitative estimate of drug-likeness (QED) is 0.557. The third-order valence-electron chi connectivity index (χ3n) is 2.99. The summed E-state index contributed by atoms with van der Waals surface area (Å²) in [5, 5.41) is 3.22. The van der Waals surface area contributed by atoms with Crippen molar-refractivity contribution >= 4 is 5.78 Å². The predicted molar refractivity (Wildman–Crippen MR) is 80.5 cm³/mol. The van der Waals surface area contributed by atoms with E-state index in [1.54, 1.807) is 19.2 Å². The summed E-state index contributed by atoms with van der Waals surface area (Å²) in [6.07, 6.45) is 1.14. The number of benzene rings is 1. The molecule has 0 saturated carbocycles. The monoisotopic (exact) mass is 279 g/mol. The van der Waals surface area contributed by atoms with Gasteiger partial charge in [-0.3, -0.25) is 4.79 Å². The van der Waals surface area contributed by atoms with Crippen LogP contribution < -0.4 is 10.1 Å². The van der Waals surface area contributed by atoms with Crippen LogP contribution in [-0.2, 0) is 4.74 Å². The Hall–Kier alpha value is -1.39. The van der Waals surface area contributed by atoms with Crippen molar-refractivity contribution in [1.29, 1.82) is 0 Å². The molecule has 0 bridgehead atoms. The number of para-hydroxylation sites is 1. The van der Waals surface area contributed by atoms with Gasteiger partial charge in [0.2, 0.25) is 0 Å². The van der Waals surface area contributed by atoms with Crippen molar-refractivity contribution in [3.63, 3.8) is 0 Å². The molecule has 0 aliphatic rings. The number of hydrogen-bond donors (Lipinski definition) is 1. The minimum absolute atomic E-state index is 0.0484. The summed E-state index contributed by atoms with van der Waals surface area (Å²) in [4.78, 5) is 12.3. The standard InChI is InChI=1S/C16H25NO3/c1-12(2)20-11-7-10-17-13(3)16(18)14-8-5-6-9-15(14)19-4/h5-6,8-9,12-13,17H,7,10-11H2,1-4H3. The second kappa shape index (κ2) is 8.72. The van der Waals surface area contributed by atoms with Gasteiger partial charge < -0.3 is 14.8 Å². The van der Waals surface area contributed by atoms with Gasteiger partial charge >= 0.3 is 0 Å². The lowest BCUT2D eigenvalue weighted by atomic mass is 10.0. The molecule has 1 aromatic rings. The van der Waals surface area contributed by atoms with Crippen LogP contribution in [0.3, 0.4) is 0 Å². The number of ether oxygens (including phenoxy) is 2. The molecule has 0 radical (unpaired) electrons. The van der Waals surface area contributed by atoms with Crippen molar-refractivity contribution in [2.45, 2.75) is 39.3 Å². The highest BCUT2D eigenvalue weighted by molar-refractivity contribution is 6.02. The molecule has 1 N–H and O–H groups in total. The second-order valence-electron chi connectivity index (χ2n) is 5.01. The summed E-state index contributed by atoms with van der Waals surface area (Å²) in [7, 11) is 1.58. The van der Waals surface area contributed by atoms with Crippen LogP contribution in [0, 0.1) is 0 Å². The Morgan fingerprint density at radius 2 is 1.95 bits per heavy atom. The smallest absolute Gasteiger partial charge is 0.183 e. The average Bonchev–Trinajstić information content (AvgIpc) is 2.45. The Labute approximate surface area is 121 Å². The summed E-state index contributed by atoms with van der Waals surface area (Å²) < 4.78 is 10.7. The molecule has 0 aliphatic heterocycles. The first-order valence-electron chi connectivity index (χ1n) is 7.08. The first-order chi connectivity index (χ1) is 9.56. The van der Waals surface area contributed by atoms with Crippen molar-refractivity contribution < 1.29 is 14.3 Å². The van der Waals surface area contributed by atoms with Crippen LogP contribution in [0.25, 0.3) is 0 Å². The predicted octanol–water partition coefficient (Wildman–Crippen LogP) is 2.67. The highest BCUT2D eigenvalue weighted by Crippen LogP contribution is 2.18. The summed E-state index contributed by atoms with van der Waals surface area (Å²) in [6, 6.07) is 7.07. The molecule has 1 unspecified atom stereocenters. The molecule has 0 heterocycles. The molecule has 1 rings (SSSR count). The number of Topliss-reactive ketones (excluding diaryl/α,β-unsaturated/α-hetero) is 1. The lowest BCUT2D eigenvalue weighted by molar-refractivity contribution is 0.0759. The summed E-state index contributed by atoms with van der Waals surface area (Å²) in [5.74, 6) is 0.668. The van der Waals surface area contributed by atoms with Crippen LogP contribution in [-0.4, -0.2) is 38.2 Å². The lowest BCUT2D eigenvalue weighted by Crippen LogP contribution is -2.35. The van der Waals surface area contributed by atoms with Crippen molar-refractivity contribution in [2.75, 3.05) is 20.3 Å². The Morgan fingerprint density at radius 1 is 1.25 bits per heavy atom. The zero-order valence-corrected chi connectivity index (χ0v) is 12.8. The Kier molecular flexibility index (Phi) is 7.26. The number of carbonyl (C=O) groups excluding carboxylic acids is 1. The number of methoxy groups -OCH3 is 1. The summed E-state index contributed by atoms with van der Waals surface area (Å²) in [5.41, 5.74) is 0.619. The van der Waals surface area contributed by atoms with E-state index in [0.29, 0.717) is 17.9 Å². The van der Waals surface area contributed by atoms with Crippen LogP contribution in [0.15, 0.2) is 24.3 Å². The molecule has 20 heavy (non-hydrogen) atoms. The third kappa shape index (κ3) is 5.31. The van der Waals surface area contributed by atoms with Crippen LogP contribution >= 0.6 is 0 Å². The molecule has 1 atom stereocenters. The van der Waals surface area contributed by atoms with Gasteiger partial charge in [-0.15, -0.1) is 0 Å². The molecule has 0 amide bonds. The molecule has 0 aromatic heterocycles. The highest BCUT2D eigenvalue weighted by Gasteiger charge is 2.17. The Balaban J connectivity index is 2.43. The number of nitrogens with one attached hydrogen (secondary N) is 1. The Bertz CT molecular complexity index is 418. The number of carbonyl (C=O) groups is 1. The van der Waals surface area contributed by atoms with E-state index in [-0.39, 0.29) is 17.9 Å². The van der Waals surface area contributed by atoms with Gasteiger partial charge in [0.15, 0.2) is 5.78 Å². The number of ketones is 1. The molecule has 0 saturated heterocycles. The maximum Gasteiger partial charge on any atom is 0.183 e. The highest BCUT2D eigenvalue weighted by atomic mass is 16.5. The van der Waals surface area contributed by atoms with Crippen molar-refractivity contribution in [3.05, 3.63) is 29.8 Å². The average molecular weight is 279 g/mol. The first-order valence-corrected chi connectivity index (χ1v) is 7.08. The zero-order chi connectivity index (χ0) is 15.0.